The van der Waals surface area contributed by atoms with Gasteiger partial charge in [0, 0.05) is 10.5 Å². The first-order valence-corrected chi connectivity index (χ1v) is 9.12. The Bertz CT molecular complexity index is 644. The smallest absolute Gasteiger partial charge is 0.335 e. The summed E-state index contributed by atoms with van der Waals surface area (Å²) in [6.45, 7) is 2.11. The van der Waals surface area contributed by atoms with Crippen LogP contribution in [0.3, 0.4) is 0 Å². The average molecular weight is 376 g/mol. The number of carboxylic acid groups (broad SMARTS) is 1. The third-order valence-corrected chi connectivity index (χ3v) is 6.24. The van der Waals surface area contributed by atoms with Crippen LogP contribution in [0.4, 0.5) is 0 Å². The molecule has 7 heteroatoms. The minimum absolute atomic E-state index is 0.0272. The van der Waals surface area contributed by atoms with Gasteiger partial charge in [0.15, 0.2) is 0 Å². The molecule has 2 rings (SSSR count). The zero-order valence-electron chi connectivity index (χ0n) is 11.7. The van der Waals surface area contributed by atoms with Crippen LogP contribution < -0.4 is 4.72 Å². The quantitative estimate of drug-likeness (QED) is 0.846. The number of benzene rings is 1. The van der Waals surface area contributed by atoms with Crippen LogP contribution in [0.1, 0.15) is 43.0 Å². The van der Waals surface area contributed by atoms with Gasteiger partial charge < -0.3 is 5.11 Å². The molecule has 0 spiro atoms. The largest absolute Gasteiger partial charge is 0.478 e. The number of hydrogen-bond acceptors (Lipinski definition) is 3. The molecule has 21 heavy (non-hydrogen) atoms. The first-order chi connectivity index (χ1) is 9.79. The number of rotatable bonds is 4. The second-order valence-electron chi connectivity index (χ2n) is 5.54. The van der Waals surface area contributed by atoms with Gasteiger partial charge in [-0.05, 0) is 52.9 Å². The molecular weight excluding hydrogens is 358 g/mol. The number of carbonyl (C=O) groups is 1. The highest BCUT2D eigenvalue weighted by atomic mass is 79.9. The predicted octanol–water partition coefficient (Wildman–Crippen LogP) is 3.00. The Labute approximate surface area is 132 Å². The summed E-state index contributed by atoms with van der Waals surface area (Å²) in [7, 11) is -3.73. The second-order valence-corrected chi connectivity index (χ2v) is 8.08. The summed E-state index contributed by atoms with van der Waals surface area (Å²) in [5, 5.41) is 8.99. The predicted molar refractivity (Wildman–Crippen MR) is 82.8 cm³/mol. The molecule has 0 aromatic heterocycles. The Kier molecular flexibility index (Phi) is 5.06. The average Bonchev–Trinajstić information content (AvgIpc) is 2.38. The summed E-state index contributed by atoms with van der Waals surface area (Å²) in [6.07, 6.45) is 3.76. The van der Waals surface area contributed by atoms with Crippen LogP contribution in [0.15, 0.2) is 27.6 Å². The molecule has 0 radical (unpaired) electrons. The van der Waals surface area contributed by atoms with Crippen molar-refractivity contribution in [1.82, 2.24) is 4.72 Å². The topological polar surface area (TPSA) is 83.5 Å². The van der Waals surface area contributed by atoms with Crippen LogP contribution >= 0.6 is 15.9 Å². The second kappa shape index (κ2) is 6.46. The molecule has 2 atom stereocenters. The van der Waals surface area contributed by atoms with Crippen LogP contribution in [-0.4, -0.2) is 25.5 Å². The summed E-state index contributed by atoms with van der Waals surface area (Å²) in [4.78, 5) is 11.0. The maximum atomic E-state index is 12.5. The third-order valence-electron chi connectivity index (χ3n) is 3.73. The maximum Gasteiger partial charge on any atom is 0.335 e. The van der Waals surface area contributed by atoms with Gasteiger partial charge in [0.1, 0.15) is 0 Å². The first kappa shape index (κ1) is 16.5. The molecule has 1 fully saturated rings. The summed E-state index contributed by atoms with van der Waals surface area (Å²) in [5.41, 5.74) is -0.0458. The molecule has 1 saturated carbocycles. The highest BCUT2D eigenvalue weighted by Crippen LogP contribution is 2.27. The van der Waals surface area contributed by atoms with Crippen molar-refractivity contribution in [2.24, 2.45) is 5.92 Å². The number of sulfonamides is 1. The summed E-state index contributed by atoms with van der Waals surface area (Å²) < 4.78 is 28.0. The molecule has 1 aliphatic carbocycles. The van der Waals surface area contributed by atoms with E-state index in [0.717, 1.165) is 25.7 Å². The number of aromatic carboxylic acids is 1. The van der Waals surface area contributed by atoms with E-state index < -0.39 is 16.0 Å². The van der Waals surface area contributed by atoms with E-state index in [1.807, 2.05) is 0 Å². The lowest BCUT2D eigenvalue weighted by atomic mass is 9.88. The highest BCUT2D eigenvalue weighted by molar-refractivity contribution is 9.10. The van der Waals surface area contributed by atoms with Gasteiger partial charge in [0.2, 0.25) is 10.0 Å². The monoisotopic (exact) mass is 375 g/mol. The fourth-order valence-electron chi connectivity index (χ4n) is 2.67. The Morgan fingerprint density at radius 3 is 2.71 bits per heavy atom. The van der Waals surface area contributed by atoms with Gasteiger partial charge in [-0.25, -0.2) is 17.9 Å². The van der Waals surface area contributed by atoms with Crippen LogP contribution in [0.5, 0.6) is 0 Å². The van der Waals surface area contributed by atoms with Gasteiger partial charge >= 0.3 is 5.97 Å². The zero-order chi connectivity index (χ0) is 15.6. The van der Waals surface area contributed by atoms with Gasteiger partial charge in [-0.3, -0.25) is 0 Å². The number of nitrogens with one attached hydrogen (secondary N) is 1. The normalized spacial score (nSPS) is 23.0. The first-order valence-electron chi connectivity index (χ1n) is 6.85. The minimum atomic E-state index is -3.73. The van der Waals surface area contributed by atoms with E-state index in [2.05, 4.69) is 27.6 Å². The van der Waals surface area contributed by atoms with Gasteiger partial charge in [-0.15, -0.1) is 0 Å². The van der Waals surface area contributed by atoms with Crippen molar-refractivity contribution in [2.75, 3.05) is 0 Å². The molecular formula is C14H18BrNO4S. The summed E-state index contributed by atoms with van der Waals surface area (Å²) in [6, 6.07) is 3.91. The van der Waals surface area contributed by atoms with Crippen LogP contribution in [-0.2, 0) is 10.0 Å². The van der Waals surface area contributed by atoms with Crippen molar-refractivity contribution < 1.29 is 18.3 Å². The lowest BCUT2D eigenvalue weighted by Gasteiger charge is -2.27. The Morgan fingerprint density at radius 1 is 1.38 bits per heavy atom. The Hall–Kier alpha value is -0.920. The lowest BCUT2D eigenvalue weighted by Crippen LogP contribution is -2.38. The van der Waals surface area contributed by atoms with Gasteiger partial charge in [-0.2, -0.15) is 0 Å². The standard InChI is InChI=1S/C14H18BrNO4S/c1-9-3-2-4-11(7-9)16-21(19,20)13-8-10(14(17)18)5-6-12(13)15/h5-6,8-9,11,16H,2-4,7H2,1H3,(H,17,18). The van der Waals surface area contributed by atoms with Gasteiger partial charge in [-0.1, -0.05) is 19.8 Å². The summed E-state index contributed by atoms with van der Waals surface area (Å²) >= 11 is 3.18. The van der Waals surface area contributed by atoms with Crippen LogP contribution in [0.2, 0.25) is 0 Å². The molecule has 0 amide bonds. The van der Waals surface area contributed by atoms with E-state index in [4.69, 9.17) is 5.11 Å². The van der Waals surface area contributed by atoms with E-state index in [1.165, 1.54) is 18.2 Å². The van der Waals surface area contributed by atoms with E-state index in [-0.39, 0.29) is 16.5 Å². The molecule has 1 aromatic carbocycles. The molecule has 1 aromatic rings. The molecule has 0 saturated heterocycles. The van der Waals surface area contributed by atoms with E-state index in [9.17, 15) is 13.2 Å². The SMILES string of the molecule is CC1CCCC(NS(=O)(=O)c2cc(C(=O)O)ccc2Br)C1. The molecule has 116 valence electrons. The lowest BCUT2D eigenvalue weighted by molar-refractivity contribution is 0.0696. The van der Waals surface area contributed by atoms with Crippen molar-refractivity contribution in [3.63, 3.8) is 0 Å². The molecule has 0 heterocycles. The molecule has 1 aliphatic rings. The fourth-order valence-corrected chi connectivity index (χ4v) is 4.94. The van der Waals surface area contributed by atoms with Crippen molar-refractivity contribution in [1.29, 1.82) is 0 Å². The number of carboxylic acids is 1. The molecule has 0 aliphatic heterocycles. The van der Waals surface area contributed by atoms with Crippen molar-refractivity contribution in [3.8, 4) is 0 Å². The Balaban J connectivity index is 2.26. The molecule has 2 unspecified atom stereocenters. The molecule has 5 nitrogen and oxygen atoms in total. The van der Waals surface area contributed by atoms with Gasteiger partial charge in [0.05, 0.1) is 10.5 Å². The molecule has 0 bridgehead atoms. The zero-order valence-corrected chi connectivity index (χ0v) is 14.1. The highest BCUT2D eigenvalue weighted by Gasteiger charge is 2.26. The maximum absolute atomic E-state index is 12.5. The minimum Gasteiger partial charge on any atom is -0.478 e. The van der Waals surface area contributed by atoms with E-state index in [1.54, 1.807) is 0 Å². The van der Waals surface area contributed by atoms with Crippen molar-refractivity contribution in [3.05, 3.63) is 28.2 Å². The molecule has 2 N–H and O–H groups in total. The Morgan fingerprint density at radius 2 is 2.10 bits per heavy atom. The summed E-state index contributed by atoms with van der Waals surface area (Å²) in [5.74, 6) is -0.648. The third kappa shape index (κ3) is 4.05. The number of hydrogen-bond donors (Lipinski definition) is 2. The fraction of sp³-hybridized carbons (Fsp3) is 0.500. The van der Waals surface area contributed by atoms with Crippen molar-refractivity contribution in [2.45, 2.75) is 43.5 Å². The van der Waals surface area contributed by atoms with Crippen LogP contribution in [0, 0.1) is 5.92 Å². The van der Waals surface area contributed by atoms with Gasteiger partial charge in [0.25, 0.3) is 0 Å². The van der Waals surface area contributed by atoms with E-state index >= 15 is 0 Å². The van der Waals surface area contributed by atoms with Crippen molar-refractivity contribution >= 4 is 31.9 Å². The van der Waals surface area contributed by atoms with E-state index in [0.29, 0.717) is 10.4 Å². The van der Waals surface area contributed by atoms with Crippen LogP contribution in [0.25, 0.3) is 0 Å². The number of halogens is 1.